The number of carbonyl (C=O) groups excluding carboxylic acids is 1. The molecule has 0 unspecified atom stereocenters. The van der Waals surface area contributed by atoms with Crippen molar-refractivity contribution in [2.45, 2.75) is 19.4 Å². The molecule has 30 heavy (non-hydrogen) atoms. The number of rotatable bonds is 7. The number of aryl methyl sites for hydroxylation is 1. The molecule has 0 spiro atoms. The Morgan fingerprint density at radius 1 is 0.800 bits per heavy atom. The number of aliphatic imine (C=N–C) groups is 1. The van der Waals surface area contributed by atoms with E-state index in [9.17, 15) is 4.79 Å². The predicted octanol–water partition coefficient (Wildman–Crippen LogP) is 5.79. The predicted molar refractivity (Wildman–Crippen MR) is 126 cm³/mol. The van der Waals surface area contributed by atoms with Crippen molar-refractivity contribution >= 4 is 28.9 Å². The van der Waals surface area contributed by atoms with Crippen molar-refractivity contribution in [3.8, 4) is 0 Å². The first-order valence-corrected chi connectivity index (χ1v) is 11.0. The number of hydrogen-bond donors (Lipinski definition) is 0. The molecule has 1 amide bonds. The average Bonchev–Trinajstić information content (AvgIpc) is 3.09. The van der Waals surface area contributed by atoms with Gasteiger partial charge in [0.05, 0.1) is 11.4 Å². The third kappa shape index (κ3) is 5.28. The summed E-state index contributed by atoms with van der Waals surface area (Å²) in [6.45, 7) is 1.24. The highest BCUT2D eigenvalue weighted by molar-refractivity contribution is 8.18. The minimum Gasteiger partial charge on any atom is -0.287 e. The van der Waals surface area contributed by atoms with Crippen LogP contribution in [0.3, 0.4) is 0 Å². The second-order valence-corrected chi connectivity index (χ2v) is 8.16. The van der Waals surface area contributed by atoms with Crippen molar-refractivity contribution < 1.29 is 4.79 Å². The molecule has 150 valence electrons. The maximum Gasteiger partial charge on any atom is 0.266 e. The van der Waals surface area contributed by atoms with E-state index in [1.165, 1.54) is 17.3 Å². The molecular formula is C26H24N2OS. The smallest absolute Gasteiger partial charge is 0.266 e. The lowest BCUT2D eigenvalue weighted by molar-refractivity contribution is -0.122. The summed E-state index contributed by atoms with van der Waals surface area (Å²) in [6.07, 6.45) is 3.81. The molecule has 3 aromatic rings. The van der Waals surface area contributed by atoms with Gasteiger partial charge in [0.15, 0.2) is 5.17 Å². The minimum atomic E-state index is 0.0451. The van der Waals surface area contributed by atoms with Gasteiger partial charge in [0.25, 0.3) is 5.91 Å². The Labute approximate surface area is 182 Å². The zero-order valence-corrected chi connectivity index (χ0v) is 17.6. The molecule has 3 nitrogen and oxygen atoms in total. The van der Waals surface area contributed by atoms with Gasteiger partial charge in [-0.25, -0.2) is 0 Å². The molecule has 0 atom stereocenters. The van der Waals surface area contributed by atoms with E-state index in [0.717, 1.165) is 34.0 Å². The van der Waals surface area contributed by atoms with E-state index >= 15 is 0 Å². The summed E-state index contributed by atoms with van der Waals surface area (Å²) in [5.74, 6) is 0.0451. The van der Waals surface area contributed by atoms with E-state index in [1.54, 1.807) is 0 Å². The van der Waals surface area contributed by atoms with Crippen LogP contribution in [-0.4, -0.2) is 22.5 Å². The standard InChI is InChI=1S/C26H24N2OS/c29-25-24(19-22-13-6-2-7-14-22)30-26(27-20-23-15-8-3-9-16-23)28(25)18-10-17-21-11-4-1-5-12-21/h1-9,11-16,19H,10,17-18,20H2. The third-order valence-electron chi connectivity index (χ3n) is 4.92. The molecule has 0 aromatic heterocycles. The molecule has 0 saturated carbocycles. The number of benzene rings is 3. The summed E-state index contributed by atoms with van der Waals surface area (Å²) in [7, 11) is 0. The molecule has 1 aliphatic heterocycles. The summed E-state index contributed by atoms with van der Waals surface area (Å²) in [5, 5.41) is 0.791. The van der Waals surface area contributed by atoms with Gasteiger partial charge in [-0.1, -0.05) is 91.0 Å². The maximum absolute atomic E-state index is 13.1. The number of amidine groups is 1. The minimum absolute atomic E-state index is 0.0451. The van der Waals surface area contributed by atoms with E-state index in [1.807, 2.05) is 65.6 Å². The quantitative estimate of drug-likeness (QED) is 0.460. The third-order valence-corrected chi connectivity index (χ3v) is 5.96. The van der Waals surface area contributed by atoms with Gasteiger partial charge in [0, 0.05) is 6.54 Å². The van der Waals surface area contributed by atoms with Gasteiger partial charge in [0.2, 0.25) is 0 Å². The molecule has 4 rings (SSSR count). The molecule has 0 aliphatic carbocycles. The van der Waals surface area contributed by atoms with Crippen LogP contribution in [0.15, 0.2) is 101 Å². The number of carbonyl (C=O) groups is 1. The van der Waals surface area contributed by atoms with Crippen LogP contribution in [0.25, 0.3) is 6.08 Å². The van der Waals surface area contributed by atoms with E-state index in [-0.39, 0.29) is 5.91 Å². The molecule has 0 radical (unpaired) electrons. The van der Waals surface area contributed by atoms with Gasteiger partial charge in [-0.15, -0.1) is 0 Å². The Hall–Kier alpha value is -3.11. The Morgan fingerprint density at radius 3 is 2.07 bits per heavy atom. The van der Waals surface area contributed by atoms with Crippen LogP contribution in [0.4, 0.5) is 0 Å². The molecule has 1 fully saturated rings. The topological polar surface area (TPSA) is 32.7 Å². The second kappa shape index (κ2) is 10.1. The normalized spacial score (nSPS) is 16.5. The van der Waals surface area contributed by atoms with E-state index in [0.29, 0.717) is 13.1 Å². The zero-order chi connectivity index (χ0) is 20.6. The largest absolute Gasteiger partial charge is 0.287 e. The van der Waals surface area contributed by atoms with Crippen molar-refractivity contribution in [2.75, 3.05) is 6.54 Å². The van der Waals surface area contributed by atoms with Crippen LogP contribution in [0.5, 0.6) is 0 Å². The summed E-state index contributed by atoms with van der Waals surface area (Å²) in [6, 6.07) is 30.5. The first-order valence-electron chi connectivity index (χ1n) is 10.2. The van der Waals surface area contributed by atoms with Crippen molar-refractivity contribution in [1.82, 2.24) is 4.90 Å². The molecule has 1 heterocycles. The monoisotopic (exact) mass is 412 g/mol. The first-order chi connectivity index (χ1) is 14.8. The van der Waals surface area contributed by atoms with Gasteiger partial charge in [-0.2, -0.15) is 0 Å². The van der Waals surface area contributed by atoms with Crippen LogP contribution < -0.4 is 0 Å². The average molecular weight is 413 g/mol. The second-order valence-electron chi connectivity index (χ2n) is 7.15. The Kier molecular flexibility index (Phi) is 6.78. The van der Waals surface area contributed by atoms with E-state index in [2.05, 4.69) is 36.4 Å². The van der Waals surface area contributed by atoms with Crippen molar-refractivity contribution in [3.05, 3.63) is 113 Å². The highest BCUT2D eigenvalue weighted by Crippen LogP contribution is 2.33. The molecule has 4 heteroatoms. The maximum atomic E-state index is 13.1. The number of amides is 1. The Bertz CT molecular complexity index is 1030. The van der Waals surface area contributed by atoms with E-state index < -0.39 is 0 Å². The number of nitrogens with zero attached hydrogens (tertiary/aromatic N) is 2. The van der Waals surface area contributed by atoms with Crippen LogP contribution in [-0.2, 0) is 17.8 Å². The molecule has 3 aromatic carbocycles. The lowest BCUT2D eigenvalue weighted by atomic mass is 10.1. The van der Waals surface area contributed by atoms with Crippen molar-refractivity contribution in [1.29, 1.82) is 0 Å². The fraction of sp³-hybridized carbons (Fsp3) is 0.154. The molecular weight excluding hydrogens is 388 g/mol. The lowest BCUT2D eigenvalue weighted by Crippen LogP contribution is -2.30. The molecule has 1 saturated heterocycles. The van der Waals surface area contributed by atoms with Gasteiger partial charge in [0.1, 0.15) is 0 Å². The fourth-order valence-corrected chi connectivity index (χ4v) is 4.35. The highest BCUT2D eigenvalue weighted by Gasteiger charge is 2.32. The first kappa shape index (κ1) is 20.2. The fourth-order valence-electron chi connectivity index (χ4n) is 3.35. The Balaban J connectivity index is 1.51. The number of hydrogen-bond acceptors (Lipinski definition) is 3. The van der Waals surface area contributed by atoms with Crippen LogP contribution >= 0.6 is 11.8 Å². The van der Waals surface area contributed by atoms with Crippen LogP contribution in [0.1, 0.15) is 23.1 Å². The Morgan fingerprint density at radius 2 is 1.40 bits per heavy atom. The molecule has 0 N–H and O–H groups in total. The summed E-state index contributed by atoms with van der Waals surface area (Å²) >= 11 is 1.47. The molecule has 0 bridgehead atoms. The van der Waals surface area contributed by atoms with Gasteiger partial charge in [-0.05, 0) is 47.4 Å². The zero-order valence-electron chi connectivity index (χ0n) is 16.8. The van der Waals surface area contributed by atoms with Crippen LogP contribution in [0, 0.1) is 0 Å². The number of thioether (sulfide) groups is 1. The van der Waals surface area contributed by atoms with Crippen molar-refractivity contribution in [2.24, 2.45) is 4.99 Å². The van der Waals surface area contributed by atoms with E-state index in [4.69, 9.17) is 4.99 Å². The van der Waals surface area contributed by atoms with Gasteiger partial charge >= 0.3 is 0 Å². The van der Waals surface area contributed by atoms with Crippen molar-refractivity contribution in [3.63, 3.8) is 0 Å². The van der Waals surface area contributed by atoms with Crippen LogP contribution in [0.2, 0.25) is 0 Å². The van der Waals surface area contributed by atoms with Gasteiger partial charge in [-0.3, -0.25) is 14.7 Å². The van der Waals surface area contributed by atoms with Gasteiger partial charge < -0.3 is 0 Å². The SMILES string of the molecule is O=C1C(=Cc2ccccc2)SC(=NCc2ccccc2)N1CCCc1ccccc1. The summed E-state index contributed by atoms with van der Waals surface area (Å²) < 4.78 is 0. The highest BCUT2D eigenvalue weighted by atomic mass is 32.2. The lowest BCUT2D eigenvalue weighted by Gasteiger charge is -2.15. The summed E-state index contributed by atoms with van der Waals surface area (Å²) in [4.78, 5) is 20.5. The summed E-state index contributed by atoms with van der Waals surface area (Å²) in [5.41, 5.74) is 3.46. The molecule has 1 aliphatic rings.